The van der Waals surface area contributed by atoms with Crippen molar-refractivity contribution in [3.8, 4) is 0 Å². The number of carbonyl (C=O) groups is 1. The Hall–Kier alpha value is -1.35. The molecule has 1 aromatic carbocycles. The lowest BCUT2D eigenvalue weighted by Gasteiger charge is -2.25. The predicted molar refractivity (Wildman–Crippen MR) is 73.1 cm³/mol. The molecule has 1 rings (SSSR count). The van der Waals surface area contributed by atoms with Gasteiger partial charge >= 0.3 is 0 Å². The van der Waals surface area contributed by atoms with E-state index >= 15 is 0 Å². The summed E-state index contributed by atoms with van der Waals surface area (Å²) >= 11 is 0. The molecule has 2 unspecified atom stereocenters. The molecule has 0 saturated carbocycles. The van der Waals surface area contributed by atoms with Gasteiger partial charge in [-0.25, -0.2) is 0 Å². The Morgan fingerprint density at radius 3 is 2.33 bits per heavy atom. The lowest BCUT2D eigenvalue weighted by atomic mass is 9.92. The average Bonchev–Trinajstić information content (AvgIpc) is 2.29. The molecule has 1 aromatic rings. The lowest BCUT2D eigenvalue weighted by molar-refractivity contribution is -0.126. The van der Waals surface area contributed by atoms with Crippen molar-refractivity contribution in [2.75, 3.05) is 0 Å². The number of rotatable bonds is 5. The van der Waals surface area contributed by atoms with Crippen molar-refractivity contribution in [1.29, 1.82) is 0 Å². The van der Waals surface area contributed by atoms with E-state index < -0.39 is 5.60 Å². The quantitative estimate of drug-likeness (QED) is 0.842. The van der Waals surface area contributed by atoms with Gasteiger partial charge in [-0.05, 0) is 25.3 Å². The van der Waals surface area contributed by atoms with Crippen molar-refractivity contribution in [2.45, 2.75) is 45.8 Å². The van der Waals surface area contributed by atoms with Gasteiger partial charge in [0.1, 0.15) is 0 Å². The molecule has 0 aliphatic rings. The molecule has 0 heterocycles. The van der Waals surface area contributed by atoms with Crippen molar-refractivity contribution >= 4 is 5.91 Å². The maximum Gasteiger partial charge on any atom is 0.223 e. The van der Waals surface area contributed by atoms with Crippen LogP contribution in [0, 0.1) is 5.92 Å². The Labute approximate surface area is 109 Å². The summed E-state index contributed by atoms with van der Waals surface area (Å²) in [5.41, 5.74) is -0.362. The van der Waals surface area contributed by atoms with E-state index in [9.17, 15) is 9.90 Å². The van der Waals surface area contributed by atoms with Gasteiger partial charge in [0.05, 0.1) is 12.0 Å². The fraction of sp³-hybridized carbons (Fsp3) is 0.533. The third-order valence-electron chi connectivity index (χ3n) is 3.29. The van der Waals surface area contributed by atoms with Crippen LogP contribution in [0.2, 0.25) is 0 Å². The molecular formula is C15H23NO2. The summed E-state index contributed by atoms with van der Waals surface area (Å²) in [4.78, 5) is 11.9. The number of hydrogen-bond acceptors (Lipinski definition) is 2. The second-order valence-electron chi connectivity index (χ2n) is 5.42. The van der Waals surface area contributed by atoms with E-state index in [0.29, 0.717) is 5.92 Å². The summed E-state index contributed by atoms with van der Waals surface area (Å²) in [7, 11) is 0. The highest BCUT2D eigenvalue weighted by Crippen LogP contribution is 2.24. The zero-order valence-electron chi connectivity index (χ0n) is 11.6. The van der Waals surface area contributed by atoms with Crippen molar-refractivity contribution in [3.63, 3.8) is 0 Å². The number of aliphatic hydroxyl groups is 1. The Balaban J connectivity index is 2.64. The molecule has 2 atom stereocenters. The topological polar surface area (TPSA) is 49.3 Å². The van der Waals surface area contributed by atoms with Crippen LogP contribution < -0.4 is 5.32 Å². The molecule has 100 valence electrons. The van der Waals surface area contributed by atoms with E-state index in [0.717, 1.165) is 5.56 Å². The fourth-order valence-corrected chi connectivity index (χ4v) is 1.68. The van der Waals surface area contributed by atoms with Crippen molar-refractivity contribution < 1.29 is 9.90 Å². The van der Waals surface area contributed by atoms with Gasteiger partial charge < -0.3 is 10.4 Å². The minimum Gasteiger partial charge on any atom is -0.385 e. The Morgan fingerprint density at radius 1 is 1.28 bits per heavy atom. The van der Waals surface area contributed by atoms with Gasteiger partial charge in [0.2, 0.25) is 5.91 Å². The van der Waals surface area contributed by atoms with E-state index in [1.807, 2.05) is 37.3 Å². The van der Waals surface area contributed by atoms with Crippen LogP contribution in [0.3, 0.4) is 0 Å². The number of amides is 1. The highest BCUT2D eigenvalue weighted by molar-refractivity contribution is 5.77. The SMILES string of the molecule is CC(C)C(C)NC(=O)CC(C)(O)c1ccccc1. The van der Waals surface area contributed by atoms with Gasteiger partial charge in [-0.2, -0.15) is 0 Å². The van der Waals surface area contributed by atoms with Crippen LogP contribution in [0.4, 0.5) is 0 Å². The van der Waals surface area contributed by atoms with Crippen molar-refractivity contribution in [2.24, 2.45) is 5.92 Å². The first-order valence-electron chi connectivity index (χ1n) is 6.40. The van der Waals surface area contributed by atoms with Gasteiger partial charge in [-0.1, -0.05) is 44.2 Å². The zero-order chi connectivity index (χ0) is 13.8. The molecule has 0 bridgehead atoms. The number of carbonyl (C=O) groups excluding carboxylic acids is 1. The molecule has 3 heteroatoms. The van der Waals surface area contributed by atoms with Crippen LogP contribution in [0.5, 0.6) is 0 Å². The van der Waals surface area contributed by atoms with E-state index in [2.05, 4.69) is 19.2 Å². The molecule has 0 spiro atoms. The molecule has 18 heavy (non-hydrogen) atoms. The van der Waals surface area contributed by atoms with E-state index in [-0.39, 0.29) is 18.4 Å². The minimum atomic E-state index is -1.12. The molecule has 2 N–H and O–H groups in total. The molecular weight excluding hydrogens is 226 g/mol. The highest BCUT2D eigenvalue weighted by Gasteiger charge is 2.27. The standard InChI is InChI=1S/C15H23NO2/c1-11(2)12(3)16-14(17)10-15(4,18)13-8-6-5-7-9-13/h5-9,11-12,18H,10H2,1-4H3,(H,16,17). The minimum absolute atomic E-state index is 0.0775. The van der Waals surface area contributed by atoms with Crippen LogP contribution in [0.15, 0.2) is 30.3 Å². The maximum absolute atomic E-state index is 11.9. The fourth-order valence-electron chi connectivity index (χ4n) is 1.68. The molecule has 0 aliphatic carbocycles. The summed E-state index contributed by atoms with van der Waals surface area (Å²) in [6.07, 6.45) is 0.0775. The summed E-state index contributed by atoms with van der Waals surface area (Å²) in [6.45, 7) is 7.75. The van der Waals surface area contributed by atoms with Crippen molar-refractivity contribution in [1.82, 2.24) is 5.32 Å². The van der Waals surface area contributed by atoms with Gasteiger partial charge in [-0.15, -0.1) is 0 Å². The Bertz CT molecular complexity index is 385. The maximum atomic E-state index is 11.9. The number of hydrogen-bond donors (Lipinski definition) is 2. The zero-order valence-corrected chi connectivity index (χ0v) is 11.6. The van der Waals surface area contributed by atoms with Crippen LogP contribution >= 0.6 is 0 Å². The molecule has 0 saturated heterocycles. The van der Waals surface area contributed by atoms with E-state index in [1.165, 1.54) is 0 Å². The third kappa shape index (κ3) is 4.15. The molecule has 0 fully saturated rings. The first-order chi connectivity index (χ1) is 8.33. The van der Waals surface area contributed by atoms with Crippen LogP contribution in [0.1, 0.15) is 39.7 Å². The highest BCUT2D eigenvalue weighted by atomic mass is 16.3. The van der Waals surface area contributed by atoms with Crippen molar-refractivity contribution in [3.05, 3.63) is 35.9 Å². The third-order valence-corrected chi connectivity index (χ3v) is 3.29. The first-order valence-corrected chi connectivity index (χ1v) is 6.40. The summed E-state index contributed by atoms with van der Waals surface area (Å²) in [5, 5.41) is 13.3. The largest absolute Gasteiger partial charge is 0.385 e. The smallest absolute Gasteiger partial charge is 0.223 e. The predicted octanol–water partition coefficient (Wildman–Crippen LogP) is 2.44. The van der Waals surface area contributed by atoms with Crippen LogP contribution in [-0.2, 0) is 10.4 Å². The van der Waals surface area contributed by atoms with Gasteiger partial charge in [0, 0.05) is 6.04 Å². The summed E-state index contributed by atoms with van der Waals surface area (Å²) in [6, 6.07) is 9.39. The van der Waals surface area contributed by atoms with Gasteiger partial charge in [0.15, 0.2) is 0 Å². The monoisotopic (exact) mass is 249 g/mol. The average molecular weight is 249 g/mol. The summed E-state index contributed by atoms with van der Waals surface area (Å²) in [5.74, 6) is 0.265. The van der Waals surface area contributed by atoms with Gasteiger partial charge in [-0.3, -0.25) is 4.79 Å². The first kappa shape index (κ1) is 14.7. The van der Waals surface area contributed by atoms with Crippen LogP contribution in [0.25, 0.3) is 0 Å². The molecule has 0 aromatic heterocycles. The van der Waals surface area contributed by atoms with Crippen LogP contribution in [-0.4, -0.2) is 17.1 Å². The second-order valence-corrected chi connectivity index (χ2v) is 5.42. The van der Waals surface area contributed by atoms with E-state index in [4.69, 9.17) is 0 Å². The number of nitrogens with one attached hydrogen (secondary N) is 1. The lowest BCUT2D eigenvalue weighted by Crippen LogP contribution is -2.39. The molecule has 0 aliphatic heterocycles. The molecule has 1 amide bonds. The Morgan fingerprint density at radius 2 is 1.83 bits per heavy atom. The Kier molecular flexibility index (Phi) is 4.91. The van der Waals surface area contributed by atoms with E-state index in [1.54, 1.807) is 6.92 Å². The number of benzene rings is 1. The normalized spacial score (nSPS) is 16.1. The van der Waals surface area contributed by atoms with Gasteiger partial charge in [0.25, 0.3) is 0 Å². The molecule has 3 nitrogen and oxygen atoms in total. The second kappa shape index (κ2) is 6.01. The molecule has 0 radical (unpaired) electrons. The summed E-state index contributed by atoms with van der Waals surface area (Å²) < 4.78 is 0.